The second-order valence-corrected chi connectivity index (χ2v) is 8.62. The molecule has 1 aliphatic rings. The van der Waals surface area contributed by atoms with Crippen molar-refractivity contribution in [2.45, 2.75) is 32.7 Å². The number of aliphatic hydroxyl groups is 1. The molecule has 5 nitrogen and oxygen atoms in total. The number of methoxy groups -OCH3 is 1. The summed E-state index contributed by atoms with van der Waals surface area (Å²) in [6.45, 7) is 5.84. The summed E-state index contributed by atoms with van der Waals surface area (Å²) in [5, 5.41) is 11.4. The van der Waals surface area contributed by atoms with Gasteiger partial charge in [-0.3, -0.25) is 14.5 Å². The van der Waals surface area contributed by atoms with Crippen LogP contribution in [0.3, 0.4) is 0 Å². The normalized spacial score (nSPS) is 17.5. The quantitative estimate of drug-likeness (QED) is 0.293. The minimum Gasteiger partial charge on any atom is -0.507 e. The van der Waals surface area contributed by atoms with E-state index in [0.717, 1.165) is 11.1 Å². The third-order valence-electron chi connectivity index (χ3n) is 6.13. The Balaban J connectivity index is 1.96. The zero-order chi connectivity index (χ0) is 24.6. The first-order valence-electron chi connectivity index (χ1n) is 11.0. The molecule has 6 heteroatoms. The number of aryl methyl sites for hydroxylation is 1. The topological polar surface area (TPSA) is 66.8 Å². The molecule has 1 saturated heterocycles. The number of anilines is 1. The van der Waals surface area contributed by atoms with Crippen LogP contribution in [0.25, 0.3) is 5.76 Å². The minimum atomic E-state index is -0.911. The fourth-order valence-electron chi connectivity index (χ4n) is 4.36. The van der Waals surface area contributed by atoms with Gasteiger partial charge in [0.2, 0.25) is 0 Å². The molecule has 1 atom stereocenters. The van der Waals surface area contributed by atoms with Crippen LogP contribution in [-0.2, 0) is 9.59 Å². The number of carbonyl (C=O) groups is 2. The van der Waals surface area contributed by atoms with Crippen LogP contribution in [0.15, 0.2) is 72.3 Å². The molecule has 0 bridgehead atoms. The van der Waals surface area contributed by atoms with Gasteiger partial charge in [-0.1, -0.05) is 44.2 Å². The van der Waals surface area contributed by atoms with Gasteiger partial charge in [-0.2, -0.15) is 0 Å². The van der Waals surface area contributed by atoms with Gasteiger partial charge in [0, 0.05) is 11.3 Å². The number of Topliss-reactive ketones (excluding diaryl/α,β-unsaturated/α-hetero) is 1. The van der Waals surface area contributed by atoms with E-state index in [1.54, 1.807) is 37.4 Å². The fraction of sp³-hybridized carbons (Fsp3) is 0.214. The van der Waals surface area contributed by atoms with Gasteiger partial charge in [0.25, 0.3) is 11.7 Å². The number of nitrogens with zero attached hydrogens (tertiary/aromatic N) is 1. The smallest absolute Gasteiger partial charge is 0.300 e. The van der Waals surface area contributed by atoms with E-state index in [2.05, 4.69) is 0 Å². The number of carbonyl (C=O) groups excluding carboxylic acids is 2. The van der Waals surface area contributed by atoms with Crippen LogP contribution in [-0.4, -0.2) is 23.9 Å². The summed E-state index contributed by atoms with van der Waals surface area (Å²) in [5.41, 5.74) is 3.08. The number of hydrogen-bond donors (Lipinski definition) is 1. The summed E-state index contributed by atoms with van der Waals surface area (Å²) in [6, 6.07) is 17.1. The van der Waals surface area contributed by atoms with Crippen LogP contribution in [0, 0.1) is 12.7 Å². The van der Waals surface area contributed by atoms with Crippen molar-refractivity contribution in [3.8, 4) is 5.75 Å². The first-order valence-corrected chi connectivity index (χ1v) is 11.0. The van der Waals surface area contributed by atoms with Crippen LogP contribution in [0.4, 0.5) is 10.1 Å². The van der Waals surface area contributed by atoms with Crippen LogP contribution < -0.4 is 9.64 Å². The van der Waals surface area contributed by atoms with Crippen molar-refractivity contribution in [1.82, 2.24) is 0 Å². The van der Waals surface area contributed by atoms with Gasteiger partial charge in [-0.25, -0.2) is 4.39 Å². The highest BCUT2D eigenvalue weighted by Crippen LogP contribution is 2.43. The minimum absolute atomic E-state index is 0.0419. The molecule has 174 valence electrons. The Kier molecular flexibility index (Phi) is 6.24. The fourth-order valence-corrected chi connectivity index (χ4v) is 4.36. The first-order chi connectivity index (χ1) is 16.2. The van der Waals surface area contributed by atoms with Crippen LogP contribution >= 0.6 is 0 Å². The van der Waals surface area contributed by atoms with Crippen molar-refractivity contribution in [2.24, 2.45) is 0 Å². The molecule has 1 aliphatic heterocycles. The third kappa shape index (κ3) is 3.96. The number of benzene rings is 3. The van der Waals surface area contributed by atoms with Crippen LogP contribution in [0.1, 0.15) is 48.1 Å². The van der Waals surface area contributed by atoms with Gasteiger partial charge < -0.3 is 9.84 Å². The van der Waals surface area contributed by atoms with Crippen LogP contribution in [0.2, 0.25) is 0 Å². The summed E-state index contributed by atoms with van der Waals surface area (Å²) in [6.07, 6.45) is 0. The van der Waals surface area contributed by atoms with E-state index in [1.165, 1.54) is 29.2 Å². The summed E-state index contributed by atoms with van der Waals surface area (Å²) < 4.78 is 19.1. The number of aliphatic hydroxyl groups excluding tert-OH is 1. The Labute approximate surface area is 198 Å². The van der Waals surface area contributed by atoms with Crippen LogP contribution in [0.5, 0.6) is 5.75 Å². The van der Waals surface area contributed by atoms with E-state index in [0.29, 0.717) is 22.6 Å². The predicted octanol–water partition coefficient (Wildman–Crippen LogP) is 5.89. The highest BCUT2D eigenvalue weighted by molar-refractivity contribution is 6.51. The molecule has 4 rings (SSSR count). The molecule has 0 saturated carbocycles. The molecular weight excluding hydrogens is 433 g/mol. The molecule has 1 fully saturated rings. The molecular formula is C28H26FNO4. The monoisotopic (exact) mass is 459 g/mol. The maximum absolute atomic E-state index is 13.7. The number of ether oxygens (including phenoxy) is 1. The van der Waals surface area contributed by atoms with Crippen molar-refractivity contribution in [1.29, 1.82) is 0 Å². The van der Waals surface area contributed by atoms with Crippen molar-refractivity contribution >= 4 is 23.1 Å². The summed E-state index contributed by atoms with van der Waals surface area (Å²) in [5.74, 6) is -1.49. The zero-order valence-corrected chi connectivity index (χ0v) is 19.5. The van der Waals surface area contributed by atoms with Crippen molar-refractivity contribution < 1.29 is 23.8 Å². The number of hydrogen-bond acceptors (Lipinski definition) is 4. The standard InChI is InChI=1S/C28H26FNO4/c1-16(2)21-15-19(11-14-23(21)34-4)26(31)24-25(18-9-12-20(29)13-10-18)30(28(33)27(24)32)22-8-6-5-7-17(22)3/h5-16,25,31H,1-4H3/b26-24-. The second-order valence-electron chi connectivity index (χ2n) is 8.62. The molecule has 0 radical (unpaired) electrons. The Bertz CT molecular complexity index is 1290. The van der Waals surface area contributed by atoms with Crippen molar-refractivity contribution in [3.63, 3.8) is 0 Å². The molecule has 0 aliphatic carbocycles. The largest absolute Gasteiger partial charge is 0.507 e. The summed E-state index contributed by atoms with van der Waals surface area (Å²) in [7, 11) is 1.57. The molecule has 0 spiro atoms. The van der Waals surface area contributed by atoms with E-state index < -0.39 is 23.5 Å². The molecule has 3 aromatic rings. The second kappa shape index (κ2) is 9.14. The van der Waals surface area contributed by atoms with E-state index in [-0.39, 0.29) is 17.3 Å². The molecule has 1 heterocycles. The average Bonchev–Trinajstić information content (AvgIpc) is 3.09. The molecule has 1 amide bonds. The summed E-state index contributed by atoms with van der Waals surface area (Å²) >= 11 is 0. The lowest BCUT2D eigenvalue weighted by Gasteiger charge is -2.26. The lowest BCUT2D eigenvalue weighted by Crippen LogP contribution is -2.30. The van der Waals surface area contributed by atoms with Crippen molar-refractivity contribution in [3.05, 3.63) is 100 Å². The van der Waals surface area contributed by atoms with E-state index >= 15 is 0 Å². The Morgan fingerprint density at radius 2 is 1.71 bits per heavy atom. The van der Waals surface area contributed by atoms with Gasteiger partial charge in [-0.05, 0) is 65.9 Å². The van der Waals surface area contributed by atoms with Gasteiger partial charge in [-0.15, -0.1) is 0 Å². The van der Waals surface area contributed by atoms with Gasteiger partial charge >= 0.3 is 0 Å². The average molecular weight is 460 g/mol. The van der Waals surface area contributed by atoms with E-state index in [4.69, 9.17) is 4.74 Å². The molecule has 34 heavy (non-hydrogen) atoms. The molecule has 1 unspecified atom stereocenters. The maximum Gasteiger partial charge on any atom is 0.300 e. The first kappa shape index (κ1) is 23.2. The maximum atomic E-state index is 13.7. The molecule has 0 aromatic heterocycles. The summed E-state index contributed by atoms with van der Waals surface area (Å²) in [4.78, 5) is 27.9. The lowest BCUT2D eigenvalue weighted by atomic mass is 9.93. The van der Waals surface area contributed by atoms with Gasteiger partial charge in [0.05, 0.1) is 18.7 Å². The van der Waals surface area contributed by atoms with Gasteiger partial charge in [0.15, 0.2) is 0 Å². The molecule has 1 N–H and O–H groups in total. The number of amides is 1. The zero-order valence-electron chi connectivity index (χ0n) is 19.5. The van der Waals surface area contributed by atoms with E-state index in [1.807, 2.05) is 32.9 Å². The SMILES string of the molecule is COc1ccc(/C(O)=C2/C(=O)C(=O)N(c3ccccc3C)C2c2ccc(F)cc2)cc1C(C)C. The lowest BCUT2D eigenvalue weighted by molar-refractivity contribution is -0.132. The number of halogens is 1. The Hall–Kier alpha value is -3.93. The Morgan fingerprint density at radius 3 is 2.32 bits per heavy atom. The van der Waals surface area contributed by atoms with E-state index in [9.17, 15) is 19.1 Å². The number of para-hydroxylation sites is 1. The Morgan fingerprint density at radius 1 is 1.03 bits per heavy atom. The highest BCUT2D eigenvalue weighted by Gasteiger charge is 2.47. The number of ketones is 1. The highest BCUT2D eigenvalue weighted by atomic mass is 19.1. The van der Waals surface area contributed by atoms with Crippen molar-refractivity contribution in [2.75, 3.05) is 12.0 Å². The molecule has 3 aromatic carbocycles. The van der Waals surface area contributed by atoms with Gasteiger partial charge in [0.1, 0.15) is 17.3 Å². The predicted molar refractivity (Wildman–Crippen MR) is 129 cm³/mol. The third-order valence-corrected chi connectivity index (χ3v) is 6.13. The number of rotatable bonds is 5.